The first-order valence-electron chi connectivity index (χ1n) is 9.02. The van der Waals surface area contributed by atoms with E-state index in [1.54, 1.807) is 25.1 Å². The second-order valence-electron chi connectivity index (χ2n) is 6.83. The number of amides is 1. The van der Waals surface area contributed by atoms with Crippen molar-refractivity contribution in [3.63, 3.8) is 0 Å². The molecule has 3 rings (SSSR count). The normalized spacial score (nSPS) is 17.9. The molecule has 0 spiro atoms. The molecule has 0 saturated carbocycles. The summed E-state index contributed by atoms with van der Waals surface area (Å²) in [6.07, 6.45) is 1.16. The SMILES string of the molecule is COc1ccc(S(=O)(=O)N2CCC[C@H](C(=O)Nc3cccc(F)c3)C2)cc1C. The average molecular weight is 406 g/mol. The molecule has 28 heavy (non-hydrogen) atoms. The Morgan fingerprint density at radius 2 is 2.04 bits per heavy atom. The topological polar surface area (TPSA) is 75.7 Å². The number of ether oxygens (including phenoxy) is 1. The zero-order valence-electron chi connectivity index (χ0n) is 15.8. The van der Waals surface area contributed by atoms with Gasteiger partial charge in [0.25, 0.3) is 0 Å². The monoisotopic (exact) mass is 406 g/mol. The van der Waals surface area contributed by atoms with Crippen LogP contribution in [0.2, 0.25) is 0 Å². The lowest BCUT2D eigenvalue weighted by Crippen LogP contribution is -2.43. The molecule has 1 saturated heterocycles. The van der Waals surface area contributed by atoms with Gasteiger partial charge in [-0.2, -0.15) is 4.31 Å². The number of methoxy groups -OCH3 is 1. The Labute approximate surface area is 164 Å². The Balaban J connectivity index is 1.74. The predicted molar refractivity (Wildman–Crippen MR) is 104 cm³/mol. The van der Waals surface area contributed by atoms with Crippen molar-refractivity contribution in [2.24, 2.45) is 5.92 Å². The van der Waals surface area contributed by atoms with Crippen molar-refractivity contribution in [3.05, 3.63) is 53.8 Å². The highest BCUT2D eigenvalue weighted by molar-refractivity contribution is 7.89. The van der Waals surface area contributed by atoms with Crippen LogP contribution in [0.1, 0.15) is 18.4 Å². The number of piperidine rings is 1. The van der Waals surface area contributed by atoms with Crippen LogP contribution >= 0.6 is 0 Å². The standard InChI is InChI=1S/C20H23FN2O4S/c1-14-11-18(8-9-19(14)27-2)28(25,26)23-10-4-5-15(13-23)20(24)22-17-7-3-6-16(21)12-17/h3,6-9,11-12,15H,4-5,10,13H2,1-2H3,(H,22,24)/t15-/m0/s1. The van der Waals surface area contributed by atoms with Crippen molar-refractivity contribution in [2.75, 3.05) is 25.5 Å². The third-order valence-electron chi connectivity index (χ3n) is 4.85. The summed E-state index contributed by atoms with van der Waals surface area (Å²) in [4.78, 5) is 12.7. The lowest BCUT2D eigenvalue weighted by Gasteiger charge is -2.31. The number of nitrogens with one attached hydrogen (secondary N) is 1. The molecule has 0 aromatic heterocycles. The summed E-state index contributed by atoms with van der Waals surface area (Å²) in [6, 6.07) is 10.3. The van der Waals surface area contributed by atoms with Gasteiger partial charge in [-0.25, -0.2) is 12.8 Å². The molecular weight excluding hydrogens is 383 g/mol. The molecule has 1 fully saturated rings. The van der Waals surface area contributed by atoms with Crippen LogP contribution in [-0.4, -0.2) is 38.8 Å². The van der Waals surface area contributed by atoms with Crippen LogP contribution in [0.3, 0.4) is 0 Å². The van der Waals surface area contributed by atoms with E-state index in [-0.39, 0.29) is 17.3 Å². The molecule has 1 aliphatic rings. The molecule has 150 valence electrons. The number of rotatable bonds is 5. The number of anilines is 1. The van der Waals surface area contributed by atoms with Crippen LogP contribution in [0.5, 0.6) is 5.75 Å². The Morgan fingerprint density at radius 3 is 2.71 bits per heavy atom. The minimum atomic E-state index is -3.72. The van der Waals surface area contributed by atoms with Gasteiger partial charge in [0.05, 0.1) is 17.9 Å². The van der Waals surface area contributed by atoms with Crippen molar-refractivity contribution < 1.29 is 22.3 Å². The van der Waals surface area contributed by atoms with Crippen LogP contribution in [-0.2, 0) is 14.8 Å². The second kappa shape index (κ2) is 8.28. The molecule has 1 amide bonds. The van der Waals surface area contributed by atoms with E-state index in [1.165, 1.54) is 35.7 Å². The number of benzene rings is 2. The van der Waals surface area contributed by atoms with Crippen LogP contribution in [0.4, 0.5) is 10.1 Å². The smallest absolute Gasteiger partial charge is 0.243 e. The average Bonchev–Trinajstić information content (AvgIpc) is 2.68. The van der Waals surface area contributed by atoms with Gasteiger partial charge in [-0.3, -0.25) is 4.79 Å². The zero-order chi connectivity index (χ0) is 20.3. The molecular formula is C20H23FN2O4S. The van der Waals surface area contributed by atoms with E-state index in [0.29, 0.717) is 30.8 Å². The second-order valence-corrected chi connectivity index (χ2v) is 8.77. The third-order valence-corrected chi connectivity index (χ3v) is 6.71. The highest BCUT2D eigenvalue weighted by Crippen LogP contribution is 2.27. The quantitative estimate of drug-likeness (QED) is 0.828. The van der Waals surface area contributed by atoms with Gasteiger partial charge >= 0.3 is 0 Å². The van der Waals surface area contributed by atoms with E-state index in [4.69, 9.17) is 4.74 Å². The molecule has 6 nitrogen and oxygen atoms in total. The number of halogens is 1. The minimum absolute atomic E-state index is 0.0918. The fourth-order valence-corrected chi connectivity index (χ4v) is 4.96. The maximum absolute atomic E-state index is 13.3. The summed E-state index contributed by atoms with van der Waals surface area (Å²) in [7, 11) is -2.19. The number of nitrogens with zero attached hydrogens (tertiary/aromatic N) is 1. The van der Waals surface area contributed by atoms with Gasteiger partial charge in [0.15, 0.2) is 0 Å². The molecule has 8 heteroatoms. The number of sulfonamides is 1. The molecule has 1 N–H and O–H groups in total. The molecule has 0 aliphatic carbocycles. The largest absolute Gasteiger partial charge is 0.496 e. The van der Waals surface area contributed by atoms with Crippen molar-refractivity contribution in [1.29, 1.82) is 0 Å². The van der Waals surface area contributed by atoms with Gasteiger partial charge in [0.1, 0.15) is 11.6 Å². The van der Waals surface area contributed by atoms with Crippen molar-refractivity contribution >= 4 is 21.6 Å². The number of hydrogen-bond donors (Lipinski definition) is 1. The van der Waals surface area contributed by atoms with Crippen LogP contribution in [0.25, 0.3) is 0 Å². The highest BCUT2D eigenvalue weighted by atomic mass is 32.2. The van der Waals surface area contributed by atoms with E-state index in [9.17, 15) is 17.6 Å². The summed E-state index contributed by atoms with van der Waals surface area (Å²) >= 11 is 0. The first-order valence-corrected chi connectivity index (χ1v) is 10.5. The Morgan fingerprint density at radius 1 is 1.25 bits per heavy atom. The minimum Gasteiger partial charge on any atom is -0.496 e. The molecule has 1 aliphatic heterocycles. The Hall–Kier alpha value is -2.45. The van der Waals surface area contributed by atoms with Crippen LogP contribution < -0.4 is 10.1 Å². The first-order chi connectivity index (χ1) is 13.3. The fourth-order valence-electron chi connectivity index (χ4n) is 3.35. The molecule has 0 bridgehead atoms. The van der Waals surface area contributed by atoms with Gasteiger partial charge in [0.2, 0.25) is 15.9 Å². The number of carbonyl (C=O) groups is 1. The molecule has 0 radical (unpaired) electrons. The molecule has 1 heterocycles. The van der Waals surface area contributed by atoms with Crippen LogP contribution in [0, 0.1) is 18.7 Å². The number of aryl methyl sites for hydroxylation is 1. The van der Waals surface area contributed by atoms with E-state index in [1.807, 2.05) is 0 Å². The van der Waals surface area contributed by atoms with Gasteiger partial charge in [0, 0.05) is 18.8 Å². The van der Waals surface area contributed by atoms with E-state index in [2.05, 4.69) is 5.32 Å². The summed E-state index contributed by atoms with van der Waals surface area (Å²) in [5, 5.41) is 2.67. The molecule has 2 aromatic carbocycles. The maximum Gasteiger partial charge on any atom is 0.243 e. The van der Waals surface area contributed by atoms with E-state index in [0.717, 1.165) is 5.56 Å². The van der Waals surface area contributed by atoms with Gasteiger partial charge in [-0.1, -0.05) is 6.07 Å². The maximum atomic E-state index is 13.3. The van der Waals surface area contributed by atoms with E-state index >= 15 is 0 Å². The van der Waals surface area contributed by atoms with Crippen molar-refractivity contribution in [1.82, 2.24) is 4.31 Å². The number of carbonyl (C=O) groups excluding carboxylic acids is 1. The summed E-state index contributed by atoms with van der Waals surface area (Å²) in [5.41, 5.74) is 1.08. The molecule has 0 unspecified atom stereocenters. The first kappa shape index (κ1) is 20.3. The predicted octanol–water partition coefficient (Wildman–Crippen LogP) is 3.18. The van der Waals surface area contributed by atoms with E-state index < -0.39 is 21.8 Å². The zero-order valence-corrected chi connectivity index (χ0v) is 16.6. The lowest BCUT2D eigenvalue weighted by atomic mass is 9.99. The van der Waals surface area contributed by atoms with Crippen molar-refractivity contribution in [3.8, 4) is 5.75 Å². The molecule has 2 aromatic rings. The summed E-state index contributed by atoms with van der Waals surface area (Å²) in [5.74, 6) is -0.631. The fraction of sp³-hybridized carbons (Fsp3) is 0.350. The Bertz CT molecular complexity index is 978. The van der Waals surface area contributed by atoms with Gasteiger partial charge < -0.3 is 10.1 Å². The highest BCUT2D eigenvalue weighted by Gasteiger charge is 2.33. The third kappa shape index (κ3) is 4.34. The van der Waals surface area contributed by atoms with Gasteiger partial charge in [-0.05, 0) is 61.7 Å². The van der Waals surface area contributed by atoms with Crippen molar-refractivity contribution in [2.45, 2.75) is 24.7 Å². The molecule has 1 atom stereocenters. The van der Waals surface area contributed by atoms with Gasteiger partial charge in [-0.15, -0.1) is 0 Å². The van der Waals surface area contributed by atoms with Crippen LogP contribution in [0.15, 0.2) is 47.4 Å². The summed E-state index contributed by atoms with van der Waals surface area (Å²) < 4.78 is 45.9. The summed E-state index contributed by atoms with van der Waals surface area (Å²) in [6.45, 7) is 2.23. The Kier molecular flexibility index (Phi) is 6.00. The lowest BCUT2D eigenvalue weighted by molar-refractivity contribution is -0.120. The number of hydrogen-bond acceptors (Lipinski definition) is 4.